The van der Waals surface area contributed by atoms with Crippen molar-refractivity contribution in [3.63, 3.8) is 0 Å². The summed E-state index contributed by atoms with van der Waals surface area (Å²) in [4.78, 5) is 24.6. The fourth-order valence-corrected chi connectivity index (χ4v) is 9.31. The number of hydrogen-bond acceptors (Lipinski definition) is 3. The van der Waals surface area contributed by atoms with Crippen molar-refractivity contribution in [2.24, 2.45) is 39.9 Å². The first kappa shape index (κ1) is 20.5. The highest BCUT2D eigenvalue weighted by atomic mass is 16.5. The maximum Gasteiger partial charge on any atom is 0.302 e. The minimum Gasteiger partial charge on any atom is -0.462 e. The lowest BCUT2D eigenvalue weighted by atomic mass is 9.44. The second-order valence-corrected chi connectivity index (χ2v) is 11.6. The van der Waals surface area contributed by atoms with Gasteiger partial charge in [0, 0.05) is 18.8 Å². The molecule has 0 aliphatic heterocycles. The largest absolute Gasteiger partial charge is 0.462 e. The van der Waals surface area contributed by atoms with Crippen LogP contribution in [0.15, 0.2) is 23.8 Å². The summed E-state index contributed by atoms with van der Waals surface area (Å²) in [7, 11) is 0. The number of rotatable bonds is 2. The van der Waals surface area contributed by atoms with Gasteiger partial charge in [-0.25, -0.2) is 0 Å². The van der Waals surface area contributed by atoms with Gasteiger partial charge in [-0.05, 0) is 92.8 Å². The van der Waals surface area contributed by atoms with E-state index in [0.717, 1.165) is 38.5 Å². The minimum absolute atomic E-state index is 0.0636. The number of allylic oxidation sites excluding steroid dienone is 3. The molecule has 0 spiro atoms. The van der Waals surface area contributed by atoms with Gasteiger partial charge in [0.05, 0.1) is 0 Å². The molecule has 0 aromatic rings. The lowest BCUT2D eigenvalue weighted by molar-refractivity contribution is -0.150. The summed E-state index contributed by atoms with van der Waals surface area (Å²) in [5.74, 6) is 2.90. The predicted octanol–water partition coefficient (Wildman–Crippen LogP) is 6.03. The average molecular weight is 411 g/mol. The van der Waals surface area contributed by atoms with Crippen LogP contribution in [0.4, 0.5) is 0 Å². The van der Waals surface area contributed by atoms with Gasteiger partial charge < -0.3 is 4.74 Å². The predicted molar refractivity (Wildman–Crippen MR) is 118 cm³/mol. The molecule has 3 saturated carbocycles. The van der Waals surface area contributed by atoms with Gasteiger partial charge in [-0.2, -0.15) is 0 Å². The van der Waals surface area contributed by atoms with E-state index in [0.29, 0.717) is 29.5 Å². The number of carbonyl (C=O) groups is 2. The lowest BCUT2D eigenvalue weighted by Gasteiger charge is -2.60. The highest BCUT2D eigenvalue weighted by Crippen LogP contribution is 2.73. The van der Waals surface area contributed by atoms with Crippen LogP contribution in [-0.4, -0.2) is 17.9 Å². The molecule has 3 heteroatoms. The fraction of sp³-hybridized carbons (Fsp3) is 0.778. The molecule has 30 heavy (non-hydrogen) atoms. The summed E-state index contributed by atoms with van der Waals surface area (Å²) in [5, 5.41) is 0. The van der Waals surface area contributed by atoms with Crippen LogP contribution >= 0.6 is 0 Å². The lowest BCUT2D eigenvalue weighted by Crippen LogP contribution is -2.55. The third kappa shape index (κ3) is 2.56. The van der Waals surface area contributed by atoms with Crippen LogP contribution < -0.4 is 0 Å². The Hall–Kier alpha value is -1.38. The van der Waals surface area contributed by atoms with Crippen LogP contribution in [-0.2, 0) is 14.3 Å². The van der Waals surface area contributed by atoms with Gasteiger partial charge in [0.1, 0.15) is 11.9 Å². The van der Waals surface area contributed by atoms with Crippen LogP contribution in [0, 0.1) is 39.9 Å². The molecule has 3 nitrogen and oxygen atoms in total. The Balaban J connectivity index is 1.47. The SMILES string of the molecule is CC(=O)O[C@H]1CC[C@@]2(C)C(=CC[C@H]3[C@H]2CC[C@]2(C)[C@@H]3C[C@H]3CC=CC[C@]32C(C)=O)C1. The van der Waals surface area contributed by atoms with Crippen molar-refractivity contribution in [2.75, 3.05) is 0 Å². The quantitative estimate of drug-likeness (QED) is 0.412. The first-order valence-corrected chi connectivity index (χ1v) is 12.2. The van der Waals surface area contributed by atoms with Crippen molar-refractivity contribution in [2.45, 2.75) is 91.6 Å². The van der Waals surface area contributed by atoms with E-state index < -0.39 is 0 Å². The molecule has 0 amide bonds. The monoisotopic (exact) mass is 410 g/mol. The highest BCUT2D eigenvalue weighted by molar-refractivity contribution is 5.85. The Morgan fingerprint density at radius 3 is 2.57 bits per heavy atom. The molecule has 8 atom stereocenters. The van der Waals surface area contributed by atoms with Gasteiger partial charge in [0.2, 0.25) is 0 Å². The molecule has 5 aliphatic rings. The Morgan fingerprint density at radius 2 is 1.83 bits per heavy atom. The summed E-state index contributed by atoms with van der Waals surface area (Å²) in [6, 6.07) is 0. The summed E-state index contributed by atoms with van der Waals surface area (Å²) >= 11 is 0. The number of carbonyl (C=O) groups excluding carboxylic acids is 2. The van der Waals surface area contributed by atoms with Crippen molar-refractivity contribution in [3.05, 3.63) is 23.8 Å². The zero-order valence-corrected chi connectivity index (χ0v) is 19.2. The molecule has 164 valence electrons. The van der Waals surface area contributed by atoms with Crippen LogP contribution in [0.3, 0.4) is 0 Å². The summed E-state index contributed by atoms with van der Waals surface area (Å²) in [6.45, 7) is 8.38. The summed E-state index contributed by atoms with van der Waals surface area (Å²) < 4.78 is 5.59. The van der Waals surface area contributed by atoms with Crippen LogP contribution in [0.5, 0.6) is 0 Å². The van der Waals surface area contributed by atoms with Crippen LogP contribution in [0.1, 0.15) is 85.5 Å². The van der Waals surface area contributed by atoms with E-state index in [2.05, 4.69) is 32.1 Å². The number of ketones is 1. The van der Waals surface area contributed by atoms with E-state index in [-0.39, 0.29) is 28.3 Å². The molecular formula is C27H38O3. The van der Waals surface area contributed by atoms with Crippen LogP contribution in [0.25, 0.3) is 0 Å². The summed E-state index contributed by atoms with van der Waals surface area (Å²) in [6.07, 6.45) is 17.1. The fourth-order valence-electron chi connectivity index (χ4n) is 9.31. The van der Waals surface area contributed by atoms with Crippen molar-refractivity contribution in [1.29, 1.82) is 0 Å². The maximum atomic E-state index is 13.2. The molecule has 0 aromatic heterocycles. The molecule has 0 unspecified atom stereocenters. The van der Waals surface area contributed by atoms with Gasteiger partial charge in [-0.1, -0.05) is 37.6 Å². The normalized spacial score (nSPS) is 49.2. The minimum atomic E-state index is -0.150. The van der Waals surface area contributed by atoms with Crippen molar-refractivity contribution >= 4 is 11.8 Å². The Morgan fingerprint density at radius 1 is 1.03 bits per heavy atom. The van der Waals surface area contributed by atoms with Crippen molar-refractivity contribution in [3.8, 4) is 0 Å². The highest BCUT2D eigenvalue weighted by Gasteiger charge is 2.68. The van der Waals surface area contributed by atoms with E-state index in [1.165, 1.54) is 26.2 Å². The third-order valence-corrected chi connectivity index (χ3v) is 10.7. The molecule has 0 bridgehead atoms. The third-order valence-electron chi connectivity index (χ3n) is 10.7. The Labute approximate surface area is 181 Å². The first-order valence-electron chi connectivity index (χ1n) is 12.2. The Bertz CT molecular complexity index is 824. The average Bonchev–Trinajstić information content (AvgIpc) is 2.98. The second-order valence-electron chi connectivity index (χ2n) is 11.6. The van der Waals surface area contributed by atoms with E-state index in [1.54, 1.807) is 5.57 Å². The molecule has 0 heterocycles. The topological polar surface area (TPSA) is 43.4 Å². The zero-order valence-electron chi connectivity index (χ0n) is 19.2. The molecule has 0 aromatic carbocycles. The van der Waals surface area contributed by atoms with Crippen LogP contribution in [0.2, 0.25) is 0 Å². The van der Waals surface area contributed by atoms with E-state index in [4.69, 9.17) is 4.74 Å². The van der Waals surface area contributed by atoms with Gasteiger partial charge in [0.15, 0.2) is 0 Å². The van der Waals surface area contributed by atoms with E-state index in [9.17, 15) is 9.59 Å². The molecule has 0 radical (unpaired) electrons. The van der Waals surface area contributed by atoms with Crippen molar-refractivity contribution < 1.29 is 14.3 Å². The van der Waals surface area contributed by atoms with Gasteiger partial charge >= 0.3 is 5.97 Å². The van der Waals surface area contributed by atoms with E-state index in [1.807, 2.05) is 6.92 Å². The number of hydrogen-bond donors (Lipinski definition) is 0. The van der Waals surface area contributed by atoms with Crippen molar-refractivity contribution in [1.82, 2.24) is 0 Å². The standard InChI is InChI=1S/C27H38O3/c1-17(28)27-12-6-5-7-20(27)16-24-22-9-8-19-15-21(30-18(2)29)10-13-25(19,3)23(22)11-14-26(24,27)4/h5-6,8,20-24H,7,9-16H2,1-4H3/t20-,21+,22+,23-,24-,25+,26-,27+/m1/s1. The van der Waals surface area contributed by atoms with Gasteiger partial charge in [-0.15, -0.1) is 0 Å². The molecule has 5 rings (SSSR count). The smallest absolute Gasteiger partial charge is 0.302 e. The van der Waals surface area contributed by atoms with Gasteiger partial charge in [0.25, 0.3) is 0 Å². The zero-order chi connectivity index (χ0) is 21.3. The Kier molecular flexibility index (Phi) is 4.66. The van der Waals surface area contributed by atoms with E-state index >= 15 is 0 Å². The number of ether oxygens (including phenoxy) is 1. The number of fused-ring (bicyclic) bond motifs is 7. The number of esters is 1. The molecule has 5 aliphatic carbocycles. The second kappa shape index (κ2) is 6.81. The molecular weight excluding hydrogens is 372 g/mol. The summed E-state index contributed by atoms with van der Waals surface area (Å²) in [5.41, 5.74) is 1.81. The number of Topliss-reactive ketones (excluding diaryl/α,β-unsaturated/α-hetero) is 1. The molecule has 3 fully saturated rings. The molecule has 0 N–H and O–H groups in total. The maximum absolute atomic E-state index is 13.2. The van der Waals surface area contributed by atoms with Gasteiger partial charge in [-0.3, -0.25) is 9.59 Å². The molecule has 0 saturated heterocycles. The first-order chi connectivity index (χ1) is 14.2.